The minimum Gasteiger partial charge on any atom is -0.483 e. The molecule has 3 aliphatic heterocycles. The number of anilines is 3. The summed E-state index contributed by atoms with van der Waals surface area (Å²) >= 11 is 0. The fourth-order valence-electron chi connectivity index (χ4n) is 6.37. The van der Waals surface area contributed by atoms with Gasteiger partial charge >= 0.3 is 0 Å². The van der Waals surface area contributed by atoms with Crippen molar-refractivity contribution in [2.24, 2.45) is 0 Å². The number of rotatable bonds is 8. The molecule has 14 heteroatoms. The number of carbonyl (C=O) groups excluding carboxylic acids is 1. The third kappa shape index (κ3) is 7.59. The molecular weight excluding hydrogens is 610 g/mol. The van der Waals surface area contributed by atoms with Crippen LogP contribution in [0.15, 0.2) is 42.7 Å². The van der Waals surface area contributed by atoms with Crippen molar-refractivity contribution in [3.05, 3.63) is 54.1 Å². The summed E-state index contributed by atoms with van der Waals surface area (Å²) in [5.74, 6) is -1.45. The number of morpholine rings is 1. The standard InChI is InChI=1S/C33H38F2N8O4/c1-21(44)32(45)43-11-8-29(28(35)19-43)47-30-23(18-36)16-22(17-27(30)34)31-37-20-38-33(40-31)39-24-2-4-25(5-3-24)41-9-6-26(7-10-41)42-12-14-46-15-13-42/h2-5,16-17,20-21,26,28-29,44H,6-15,19H2,1H3,(H,37,38,39,40)/t21-,28+,29-/m0/s1. The molecular formula is C33H38F2N8O4. The highest BCUT2D eigenvalue weighted by molar-refractivity contribution is 5.80. The number of aliphatic hydroxyl groups excluding tert-OH is 1. The third-order valence-corrected chi connectivity index (χ3v) is 8.93. The fourth-order valence-corrected chi connectivity index (χ4v) is 6.37. The number of aliphatic hydroxyl groups is 1. The molecule has 248 valence electrons. The van der Waals surface area contributed by atoms with E-state index in [2.05, 4.69) is 42.2 Å². The molecule has 3 atom stereocenters. The van der Waals surface area contributed by atoms with Crippen LogP contribution in [0.3, 0.4) is 0 Å². The fraction of sp³-hybridized carbons (Fsp3) is 0.485. The Morgan fingerprint density at radius 3 is 2.53 bits per heavy atom. The molecule has 0 radical (unpaired) electrons. The monoisotopic (exact) mass is 648 g/mol. The predicted molar refractivity (Wildman–Crippen MR) is 169 cm³/mol. The minimum absolute atomic E-state index is 0.0720. The first kappa shape index (κ1) is 32.5. The Morgan fingerprint density at radius 1 is 1.11 bits per heavy atom. The largest absolute Gasteiger partial charge is 0.483 e. The zero-order valence-electron chi connectivity index (χ0n) is 26.2. The number of nitriles is 1. The second-order valence-electron chi connectivity index (χ2n) is 12.0. The molecule has 0 unspecified atom stereocenters. The van der Waals surface area contributed by atoms with Gasteiger partial charge in [0.15, 0.2) is 23.6 Å². The van der Waals surface area contributed by atoms with Gasteiger partial charge in [0.2, 0.25) is 5.95 Å². The van der Waals surface area contributed by atoms with E-state index in [1.54, 1.807) is 0 Å². The maximum Gasteiger partial charge on any atom is 0.251 e. The van der Waals surface area contributed by atoms with Crippen LogP contribution in [0.1, 0.15) is 31.7 Å². The summed E-state index contributed by atoms with van der Waals surface area (Å²) in [5.41, 5.74) is 1.99. The van der Waals surface area contributed by atoms with Crippen molar-refractivity contribution in [3.8, 4) is 23.2 Å². The van der Waals surface area contributed by atoms with Crippen molar-refractivity contribution in [3.63, 3.8) is 0 Å². The van der Waals surface area contributed by atoms with Crippen LogP contribution in [0.4, 0.5) is 26.1 Å². The molecule has 0 bridgehead atoms. The number of hydrogen-bond donors (Lipinski definition) is 2. The second kappa shape index (κ2) is 14.5. The average Bonchev–Trinajstić information content (AvgIpc) is 3.10. The summed E-state index contributed by atoms with van der Waals surface area (Å²) < 4.78 is 41.4. The van der Waals surface area contributed by atoms with Gasteiger partial charge < -0.3 is 29.7 Å². The van der Waals surface area contributed by atoms with Gasteiger partial charge in [-0.1, -0.05) is 0 Å². The van der Waals surface area contributed by atoms with Crippen LogP contribution in [-0.2, 0) is 9.53 Å². The number of aromatic nitrogens is 3. The van der Waals surface area contributed by atoms with Crippen LogP contribution in [0, 0.1) is 17.1 Å². The third-order valence-electron chi connectivity index (χ3n) is 8.93. The van der Waals surface area contributed by atoms with Crippen molar-refractivity contribution >= 4 is 23.2 Å². The van der Waals surface area contributed by atoms with Gasteiger partial charge in [0.1, 0.15) is 24.6 Å². The average molecular weight is 649 g/mol. The summed E-state index contributed by atoms with van der Waals surface area (Å²) in [6, 6.07) is 13.1. The number of nitrogens with zero attached hydrogens (tertiary/aromatic N) is 7. The molecule has 1 aromatic heterocycles. The molecule has 4 heterocycles. The van der Waals surface area contributed by atoms with Crippen molar-refractivity contribution in [2.75, 3.05) is 62.7 Å². The lowest BCUT2D eigenvalue weighted by atomic mass is 10.0. The lowest BCUT2D eigenvalue weighted by Crippen LogP contribution is -2.51. The Hall–Kier alpha value is -4.45. The Labute approximate surface area is 271 Å². The summed E-state index contributed by atoms with van der Waals surface area (Å²) in [7, 11) is 0. The topological polar surface area (TPSA) is 140 Å². The van der Waals surface area contributed by atoms with Crippen molar-refractivity contribution in [1.82, 2.24) is 24.8 Å². The number of amides is 1. The Bertz CT molecular complexity index is 1590. The number of alkyl halides is 1. The molecule has 12 nitrogen and oxygen atoms in total. The number of carbonyl (C=O) groups is 1. The van der Waals surface area contributed by atoms with Crippen molar-refractivity contribution < 1.29 is 28.2 Å². The van der Waals surface area contributed by atoms with E-state index in [0.717, 1.165) is 69.7 Å². The second-order valence-corrected chi connectivity index (χ2v) is 12.0. The predicted octanol–water partition coefficient (Wildman–Crippen LogP) is 3.29. The summed E-state index contributed by atoms with van der Waals surface area (Å²) in [6.07, 6.45) is -0.335. The van der Waals surface area contributed by atoms with Crippen LogP contribution in [0.25, 0.3) is 11.4 Å². The maximum absolute atomic E-state index is 15.3. The Kier molecular flexibility index (Phi) is 10.1. The molecule has 0 saturated carbocycles. The van der Waals surface area contributed by atoms with Gasteiger partial charge in [-0.05, 0) is 56.2 Å². The molecule has 3 aromatic rings. The molecule has 6 rings (SSSR count). The van der Waals surface area contributed by atoms with E-state index in [1.165, 1.54) is 24.2 Å². The first-order chi connectivity index (χ1) is 22.8. The first-order valence-electron chi connectivity index (χ1n) is 15.9. The quantitative estimate of drug-likeness (QED) is 0.372. The highest BCUT2D eigenvalue weighted by Crippen LogP contribution is 2.32. The van der Waals surface area contributed by atoms with Crippen molar-refractivity contribution in [2.45, 2.75) is 50.6 Å². The molecule has 1 amide bonds. The van der Waals surface area contributed by atoms with E-state index in [-0.39, 0.29) is 48.2 Å². The van der Waals surface area contributed by atoms with Crippen LogP contribution in [-0.4, -0.2) is 113 Å². The van der Waals surface area contributed by atoms with Crippen LogP contribution in [0.2, 0.25) is 0 Å². The summed E-state index contributed by atoms with van der Waals surface area (Å²) in [6.45, 7) is 6.79. The normalized spacial score (nSPS) is 21.6. The van der Waals surface area contributed by atoms with Crippen molar-refractivity contribution in [1.29, 1.82) is 5.26 Å². The highest BCUT2D eigenvalue weighted by Gasteiger charge is 2.35. The number of ether oxygens (including phenoxy) is 2. The van der Waals surface area contributed by atoms with Gasteiger partial charge in [-0.25, -0.2) is 18.7 Å². The van der Waals surface area contributed by atoms with E-state index in [4.69, 9.17) is 9.47 Å². The summed E-state index contributed by atoms with van der Waals surface area (Å²) in [5, 5.41) is 22.5. The number of piperidine rings is 2. The molecule has 0 spiro atoms. The maximum atomic E-state index is 15.3. The van der Waals surface area contributed by atoms with E-state index < -0.39 is 30.1 Å². The number of halogens is 2. The number of nitrogens with one attached hydrogen (secondary N) is 1. The smallest absolute Gasteiger partial charge is 0.251 e. The summed E-state index contributed by atoms with van der Waals surface area (Å²) in [4.78, 5) is 31.0. The molecule has 2 N–H and O–H groups in total. The first-order valence-corrected chi connectivity index (χ1v) is 15.9. The number of benzene rings is 2. The molecule has 3 aliphatic rings. The van der Waals surface area contributed by atoms with Gasteiger partial charge in [-0.15, -0.1) is 0 Å². The van der Waals surface area contributed by atoms with Crippen LogP contribution in [0.5, 0.6) is 5.75 Å². The Balaban J connectivity index is 1.08. The lowest BCUT2D eigenvalue weighted by Gasteiger charge is -2.40. The van der Waals surface area contributed by atoms with Gasteiger partial charge in [-0.2, -0.15) is 10.2 Å². The van der Waals surface area contributed by atoms with Gasteiger partial charge in [0.05, 0.1) is 25.3 Å². The minimum atomic E-state index is -1.63. The van der Waals surface area contributed by atoms with E-state index in [9.17, 15) is 19.6 Å². The molecule has 0 aliphatic carbocycles. The van der Waals surface area contributed by atoms with E-state index in [0.29, 0.717) is 6.04 Å². The molecule has 3 fully saturated rings. The van der Waals surface area contributed by atoms with Gasteiger partial charge in [0, 0.05) is 62.1 Å². The Morgan fingerprint density at radius 2 is 1.85 bits per heavy atom. The van der Waals surface area contributed by atoms with E-state index in [1.807, 2.05) is 18.2 Å². The highest BCUT2D eigenvalue weighted by atomic mass is 19.1. The molecule has 47 heavy (non-hydrogen) atoms. The van der Waals surface area contributed by atoms with Crippen LogP contribution < -0.4 is 15.0 Å². The number of hydrogen-bond acceptors (Lipinski definition) is 11. The van der Waals surface area contributed by atoms with Gasteiger partial charge in [0.25, 0.3) is 5.91 Å². The van der Waals surface area contributed by atoms with E-state index >= 15 is 4.39 Å². The number of likely N-dealkylation sites (tertiary alicyclic amines) is 1. The van der Waals surface area contributed by atoms with Gasteiger partial charge in [-0.3, -0.25) is 9.69 Å². The SMILES string of the molecule is C[C@H](O)C(=O)N1CC[C@H](Oc2c(F)cc(-c3ncnc(Nc4ccc(N5CCC(N6CCOCC6)CC5)cc4)n3)cc2C#N)[C@H](F)C1. The van der Waals surface area contributed by atoms with Crippen LogP contribution >= 0.6 is 0 Å². The molecule has 3 saturated heterocycles. The zero-order valence-corrected chi connectivity index (χ0v) is 26.2. The lowest BCUT2D eigenvalue weighted by molar-refractivity contribution is -0.143. The zero-order chi connectivity index (χ0) is 32.9. The molecule has 2 aromatic carbocycles.